The summed E-state index contributed by atoms with van der Waals surface area (Å²) in [5.74, 6) is -0.281. The summed E-state index contributed by atoms with van der Waals surface area (Å²) in [6.07, 6.45) is 0. The van der Waals surface area contributed by atoms with Crippen molar-refractivity contribution >= 4 is 0 Å². The van der Waals surface area contributed by atoms with Gasteiger partial charge in [-0.3, -0.25) is 0 Å². The molecule has 0 nitrogen and oxygen atoms in total. The molecule has 0 atom stereocenters. The van der Waals surface area contributed by atoms with E-state index in [-0.39, 0.29) is 5.82 Å². The molecule has 0 saturated heterocycles. The van der Waals surface area contributed by atoms with Gasteiger partial charge < -0.3 is 0 Å². The Morgan fingerprint density at radius 2 is 1.71 bits per heavy atom. The van der Waals surface area contributed by atoms with Gasteiger partial charge >= 0.3 is 0 Å². The summed E-state index contributed by atoms with van der Waals surface area (Å²) < 4.78 is 13.5. The maximum atomic E-state index is 13.5. The highest BCUT2D eigenvalue weighted by atomic mass is 19.1. The van der Waals surface area contributed by atoms with Crippen LogP contribution in [0.15, 0.2) is 42.5 Å². The Labute approximate surface area is 83.0 Å². The van der Waals surface area contributed by atoms with Gasteiger partial charge in [0.2, 0.25) is 0 Å². The molecule has 0 saturated carbocycles. The van der Waals surface area contributed by atoms with Crippen molar-refractivity contribution in [1.82, 2.24) is 0 Å². The van der Waals surface area contributed by atoms with Crippen LogP contribution in [0.5, 0.6) is 0 Å². The van der Waals surface area contributed by atoms with Gasteiger partial charge in [0, 0.05) is 11.6 Å². The second-order valence-corrected chi connectivity index (χ2v) is 3.24. The van der Waals surface area contributed by atoms with Crippen LogP contribution in [0.3, 0.4) is 0 Å². The Hall–Kier alpha value is -1.63. The van der Waals surface area contributed by atoms with E-state index in [0.717, 1.165) is 11.1 Å². The van der Waals surface area contributed by atoms with Gasteiger partial charge in [-0.1, -0.05) is 42.5 Å². The number of rotatable bonds is 1. The molecule has 0 fully saturated rings. The third kappa shape index (κ3) is 1.67. The fourth-order valence-corrected chi connectivity index (χ4v) is 1.40. The minimum atomic E-state index is -0.281. The summed E-state index contributed by atoms with van der Waals surface area (Å²) in [6.45, 7) is 1.83. The molecule has 0 unspecified atom stereocenters. The molecule has 1 heteroatoms. The number of halogens is 1. The zero-order valence-electron chi connectivity index (χ0n) is 7.92. The Bertz CT molecular complexity index is 432. The van der Waals surface area contributed by atoms with Gasteiger partial charge in [-0.2, -0.15) is 0 Å². The third-order valence-corrected chi connectivity index (χ3v) is 2.13. The molecule has 14 heavy (non-hydrogen) atoms. The Morgan fingerprint density at radius 3 is 2.36 bits per heavy atom. The molecule has 0 aliphatic rings. The molecule has 0 bridgehead atoms. The highest BCUT2D eigenvalue weighted by Gasteiger charge is 2.03. The molecule has 2 rings (SSSR count). The van der Waals surface area contributed by atoms with Crippen LogP contribution >= 0.6 is 0 Å². The molecule has 0 aromatic heterocycles. The predicted octanol–water partition coefficient (Wildman–Crippen LogP) is 3.60. The van der Waals surface area contributed by atoms with Crippen LogP contribution in [0, 0.1) is 18.8 Å². The smallest absolute Gasteiger partial charge is 0.139 e. The molecule has 0 N–H and O–H groups in total. The summed E-state index contributed by atoms with van der Waals surface area (Å²) in [5, 5.41) is 0. The normalized spacial score (nSPS) is 10.1. The van der Waals surface area contributed by atoms with Crippen LogP contribution in [-0.2, 0) is 0 Å². The second-order valence-electron chi connectivity index (χ2n) is 3.24. The molecule has 2 aromatic rings. The van der Waals surface area contributed by atoms with Crippen molar-refractivity contribution in [2.45, 2.75) is 6.92 Å². The van der Waals surface area contributed by atoms with Gasteiger partial charge in [0.25, 0.3) is 0 Å². The van der Waals surface area contributed by atoms with Gasteiger partial charge in [-0.05, 0) is 18.1 Å². The van der Waals surface area contributed by atoms with E-state index >= 15 is 0 Å². The van der Waals surface area contributed by atoms with Crippen molar-refractivity contribution in [3.63, 3.8) is 0 Å². The highest BCUT2D eigenvalue weighted by Crippen LogP contribution is 2.22. The fraction of sp³-hybridized carbons (Fsp3) is 0.0769. The molecular weight excluding hydrogens is 175 g/mol. The highest BCUT2D eigenvalue weighted by molar-refractivity contribution is 5.63. The molecule has 2 aromatic carbocycles. The van der Waals surface area contributed by atoms with E-state index in [9.17, 15) is 4.39 Å². The second kappa shape index (κ2) is 3.62. The zero-order chi connectivity index (χ0) is 9.97. The minimum absolute atomic E-state index is 0.281. The first-order valence-electron chi connectivity index (χ1n) is 4.51. The third-order valence-electron chi connectivity index (χ3n) is 2.13. The number of hydrogen-bond acceptors (Lipinski definition) is 0. The van der Waals surface area contributed by atoms with Gasteiger partial charge in [-0.15, -0.1) is 0 Å². The fourth-order valence-electron chi connectivity index (χ4n) is 1.40. The summed E-state index contributed by atoms with van der Waals surface area (Å²) in [5.41, 5.74) is 2.32. The first-order valence-corrected chi connectivity index (χ1v) is 4.51. The average molecular weight is 185 g/mol. The van der Waals surface area contributed by atoms with Crippen molar-refractivity contribution < 1.29 is 4.39 Å². The van der Waals surface area contributed by atoms with Crippen molar-refractivity contribution in [3.05, 3.63) is 59.9 Å². The number of benzene rings is 2. The van der Waals surface area contributed by atoms with E-state index in [1.54, 1.807) is 6.07 Å². The van der Waals surface area contributed by atoms with E-state index in [0.29, 0.717) is 5.56 Å². The van der Waals surface area contributed by atoms with E-state index in [2.05, 4.69) is 6.07 Å². The van der Waals surface area contributed by atoms with Crippen molar-refractivity contribution in [2.24, 2.45) is 0 Å². The van der Waals surface area contributed by atoms with Crippen LogP contribution < -0.4 is 0 Å². The SMILES string of the molecule is Cc1[c]c(F)c(-c2ccccc2)cc1. The quantitative estimate of drug-likeness (QED) is 0.636. The summed E-state index contributed by atoms with van der Waals surface area (Å²) in [6, 6.07) is 15.8. The standard InChI is InChI=1S/C13H10F/c1-10-7-8-12(13(14)9-10)11-5-3-2-4-6-11/h2-8H,1H3. The van der Waals surface area contributed by atoms with Crippen LogP contribution in [0.25, 0.3) is 11.1 Å². The zero-order valence-corrected chi connectivity index (χ0v) is 7.92. The molecule has 0 spiro atoms. The van der Waals surface area contributed by atoms with E-state index < -0.39 is 0 Å². The molecular formula is C13H10F. The lowest BCUT2D eigenvalue weighted by molar-refractivity contribution is 0.628. The average Bonchev–Trinajstić information content (AvgIpc) is 2.19. The molecule has 0 heterocycles. The minimum Gasteiger partial charge on any atom is -0.206 e. The lowest BCUT2D eigenvalue weighted by atomic mass is 10.0. The molecule has 69 valence electrons. The maximum absolute atomic E-state index is 13.5. The van der Waals surface area contributed by atoms with E-state index in [1.165, 1.54) is 0 Å². The Kier molecular flexibility index (Phi) is 2.32. The van der Waals surface area contributed by atoms with Gasteiger partial charge in [0.1, 0.15) is 5.82 Å². The lowest BCUT2D eigenvalue weighted by Gasteiger charge is -2.03. The summed E-state index contributed by atoms with van der Waals surface area (Å²) >= 11 is 0. The maximum Gasteiger partial charge on any atom is 0.139 e. The summed E-state index contributed by atoms with van der Waals surface area (Å²) in [7, 11) is 0. The van der Waals surface area contributed by atoms with Gasteiger partial charge in [0.15, 0.2) is 0 Å². The van der Waals surface area contributed by atoms with Crippen molar-refractivity contribution in [3.8, 4) is 11.1 Å². The van der Waals surface area contributed by atoms with E-state index in [4.69, 9.17) is 0 Å². The molecule has 0 amide bonds. The lowest BCUT2D eigenvalue weighted by Crippen LogP contribution is -1.85. The largest absolute Gasteiger partial charge is 0.206 e. The summed E-state index contributed by atoms with van der Waals surface area (Å²) in [4.78, 5) is 0. The molecule has 1 radical (unpaired) electrons. The monoisotopic (exact) mass is 185 g/mol. The Balaban J connectivity index is 2.53. The number of hydrogen-bond donors (Lipinski definition) is 0. The van der Waals surface area contributed by atoms with E-state index in [1.807, 2.05) is 43.3 Å². The topological polar surface area (TPSA) is 0 Å². The first kappa shape index (κ1) is 8.95. The van der Waals surface area contributed by atoms with Gasteiger partial charge in [0.05, 0.1) is 0 Å². The number of aryl methyl sites for hydroxylation is 1. The van der Waals surface area contributed by atoms with Crippen LogP contribution in [-0.4, -0.2) is 0 Å². The predicted molar refractivity (Wildman–Crippen MR) is 55.4 cm³/mol. The van der Waals surface area contributed by atoms with Crippen LogP contribution in [0.1, 0.15) is 5.56 Å². The Morgan fingerprint density at radius 1 is 1.00 bits per heavy atom. The van der Waals surface area contributed by atoms with Crippen LogP contribution in [0.4, 0.5) is 4.39 Å². The van der Waals surface area contributed by atoms with Gasteiger partial charge in [-0.25, -0.2) is 4.39 Å². The van der Waals surface area contributed by atoms with Crippen molar-refractivity contribution in [1.29, 1.82) is 0 Å². The van der Waals surface area contributed by atoms with Crippen LogP contribution in [0.2, 0.25) is 0 Å². The first-order chi connectivity index (χ1) is 6.77. The molecule has 0 aliphatic heterocycles. The van der Waals surface area contributed by atoms with Crippen molar-refractivity contribution in [2.75, 3.05) is 0 Å². The molecule has 0 aliphatic carbocycles.